The van der Waals surface area contributed by atoms with Crippen molar-refractivity contribution in [1.82, 2.24) is 4.98 Å². The molecule has 0 atom stereocenters. The van der Waals surface area contributed by atoms with Crippen LogP contribution in [0.15, 0.2) is 41.2 Å². The number of hydrogen-bond donors (Lipinski definition) is 2. The molecule has 98 valence electrons. The first-order chi connectivity index (χ1) is 8.97. The number of alkyl halides is 2. The Bertz CT molecular complexity index is 680. The molecule has 1 heterocycles. The summed E-state index contributed by atoms with van der Waals surface area (Å²) in [6, 6.07) is 8.03. The molecule has 2 rings (SSSR count). The standard InChI is InChI=1S/C13H9F2NO3/c14-12(15)10-5-9(6-11(17)16-10)7-2-1-3-8(4-7)13(18)19/h1-6,12H,(H,16,17)(H,18,19). The van der Waals surface area contributed by atoms with Crippen LogP contribution in [-0.4, -0.2) is 16.1 Å². The number of benzene rings is 1. The second-order valence-electron chi connectivity index (χ2n) is 3.88. The highest BCUT2D eigenvalue weighted by atomic mass is 19.3. The fourth-order valence-corrected chi connectivity index (χ4v) is 1.68. The first-order valence-corrected chi connectivity index (χ1v) is 5.33. The van der Waals surface area contributed by atoms with Crippen molar-refractivity contribution in [1.29, 1.82) is 0 Å². The summed E-state index contributed by atoms with van der Waals surface area (Å²) in [6.45, 7) is 0. The lowest BCUT2D eigenvalue weighted by Gasteiger charge is -2.05. The van der Waals surface area contributed by atoms with Crippen molar-refractivity contribution < 1.29 is 18.7 Å². The Morgan fingerprint density at radius 2 is 1.89 bits per heavy atom. The molecular weight excluding hydrogens is 256 g/mol. The van der Waals surface area contributed by atoms with Gasteiger partial charge in [0.15, 0.2) is 0 Å². The smallest absolute Gasteiger partial charge is 0.335 e. The molecule has 0 unspecified atom stereocenters. The molecule has 0 aliphatic carbocycles. The monoisotopic (exact) mass is 265 g/mol. The molecule has 0 saturated heterocycles. The molecule has 0 fully saturated rings. The molecule has 1 aromatic carbocycles. The fraction of sp³-hybridized carbons (Fsp3) is 0.0769. The number of aromatic amines is 1. The maximum Gasteiger partial charge on any atom is 0.335 e. The molecule has 2 N–H and O–H groups in total. The Morgan fingerprint density at radius 3 is 2.53 bits per heavy atom. The number of carboxylic acid groups (broad SMARTS) is 1. The van der Waals surface area contributed by atoms with E-state index < -0.39 is 23.6 Å². The van der Waals surface area contributed by atoms with Gasteiger partial charge in [0.25, 0.3) is 6.43 Å². The van der Waals surface area contributed by atoms with Crippen molar-refractivity contribution in [2.24, 2.45) is 0 Å². The Morgan fingerprint density at radius 1 is 1.16 bits per heavy atom. The predicted molar refractivity (Wildman–Crippen MR) is 64.4 cm³/mol. The maximum atomic E-state index is 12.6. The molecule has 1 aromatic heterocycles. The van der Waals surface area contributed by atoms with E-state index in [1.165, 1.54) is 18.2 Å². The SMILES string of the molecule is O=C(O)c1cccc(-c2cc(C(F)F)[nH]c(=O)c2)c1. The van der Waals surface area contributed by atoms with Gasteiger partial charge in [0.05, 0.1) is 11.3 Å². The van der Waals surface area contributed by atoms with Crippen LogP contribution >= 0.6 is 0 Å². The second-order valence-corrected chi connectivity index (χ2v) is 3.88. The van der Waals surface area contributed by atoms with Gasteiger partial charge < -0.3 is 10.1 Å². The van der Waals surface area contributed by atoms with Crippen molar-refractivity contribution >= 4 is 5.97 Å². The Kier molecular flexibility index (Phi) is 3.41. The first-order valence-electron chi connectivity index (χ1n) is 5.33. The minimum Gasteiger partial charge on any atom is -0.478 e. The summed E-state index contributed by atoms with van der Waals surface area (Å²) in [5.41, 5.74) is -0.483. The van der Waals surface area contributed by atoms with Crippen LogP contribution in [0.3, 0.4) is 0 Å². The van der Waals surface area contributed by atoms with E-state index in [2.05, 4.69) is 0 Å². The number of rotatable bonds is 3. The van der Waals surface area contributed by atoms with Crippen LogP contribution < -0.4 is 5.56 Å². The minimum atomic E-state index is -2.80. The zero-order chi connectivity index (χ0) is 14.0. The van der Waals surface area contributed by atoms with Crippen LogP contribution in [0, 0.1) is 0 Å². The highest BCUT2D eigenvalue weighted by Gasteiger charge is 2.11. The van der Waals surface area contributed by atoms with Gasteiger partial charge in [-0.3, -0.25) is 4.79 Å². The van der Waals surface area contributed by atoms with Gasteiger partial charge in [0, 0.05) is 6.07 Å². The third-order valence-electron chi connectivity index (χ3n) is 2.54. The largest absolute Gasteiger partial charge is 0.478 e. The molecule has 0 amide bonds. The maximum absolute atomic E-state index is 12.6. The van der Waals surface area contributed by atoms with Crippen LogP contribution in [0.2, 0.25) is 0 Å². The van der Waals surface area contributed by atoms with Crippen LogP contribution in [0.5, 0.6) is 0 Å². The highest BCUT2D eigenvalue weighted by Crippen LogP contribution is 2.23. The van der Waals surface area contributed by atoms with Gasteiger partial charge in [-0.2, -0.15) is 0 Å². The Hall–Kier alpha value is -2.50. The van der Waals surface area contributed by atoms with Gasteiger partial charge in [0.2, 0.25) is 5.56 Å². The number of hydrogen-bond acceptors (Lipinski definition) is 2. The highest BCUT2D eigenvalue weighted by molar-refractivity contribution is 5.89. The summed E-state index contributed by atoms with van der Waals surface area (Å²) in [6.07, 6.45) is -2.80. The topological polar surface area (TPSA) is 70.2 Å². The lowest BCUT2D eigenvalue weighted by Crippen LogP contribution is -2.08. The van der Waals surface area contributed by atoms with Gasteiger partial charge in [0.1, 0.15) is 0 Å². The molecule has 2 aromatic rings. The van der Waals surface area contributed by atoms with Gasteiger partial charge >= 0.3 is 5.97 Å². The van der Waals surface area contributed by atoms with Crippen molar-refractivity contribution in [3.8, 4) is 11.1 Å². The van der Waals surface area contributed by atoms with E-state index in [-0.39, 0.29) is 11.1 Å². The number of nitrogens with one attached hydrogen (secondary N) is 1. The molecule has 6 heteroatoms. The molecule has 0 aliphatic heterocycles. The fourth-order valence-electron chi connectivity index (χ4n) is 1.68. The summed E-state index contributed by atoms with van der Waals surface area (Å²) in [7, 11) is 0. The number of pyridine rings is 1. The van der Waals surface area contributed by atoms with Crippen LogP contribution in [0.25, 0.3) is 11.1 Å². The molecule has 0 saturated carbocycles. The number of carbonyl (C=O) groups is 1. The molecular formula is C13H9F2NO3. The van der Waals surface area contributed by atoms with E-state index in [0.29, 0.717) is 5.56 Å². The number of halogens is 2. The van der Waals surface area contributed by atoms with E-state index in [4.69, 9.17) is 5.11 Å². The van der Waals surface area contributed by atoms with E-state index in [0.717, 1.165) is 12.1 Å². The molecule has 0 bridgehead atoms. The number of aromatic nitrogens is 1. The van der Waals surface area contributed by atoms with Crippen molar-refractivity contribution in [3.63, 3.8) is 0 Å². The zero-order valence-electron chi connectivity index (χ0n) is 9.56. The Labute approximate surface area is 106 Å². The van der Waals surface area contributed by atoms with Gasteiger partial charge in [-0.15, -0.1) is 0 Å². The Balaban J connectivity index is 2.55. The van der Waals surface area contributed by atoms with Crippen molar-refractivity contribution in [2.45, 2.75) is 6.43 Å². The zero-order valence-corrected chi connectivity index (χ0v) is 9.56. The third kappa shape index (κ3) is 2.85. The van der Waals surface area contributed by atoms with Crippen molar-refractivity contribution in [3.05, 3.63) is 58.0 Å². The second kappa shape index (κ2) is 5.01. The van der Waals surface area contributed by atoms with E-state index in [9.17, 15) is 18.4 Å². The van der Waals surface area contributed by atoms with E-state index in [1.807, 2.05) is 4.98 Å². The average molecular weight is 265 g/mol. The summed E-state index contributed by atoms with van der Waals surface area (Å²) in [5.74, 6) is -1.12. The number of carboxylic acids is 1. The molecule has 0 aliphatic rings. The molecule has 19 heavy (non-hydrogen) atoms. The summed E-state index contributed by atoms with van der Waals surface area (Å²) in [4.78, 5) is 24.2. The lowest BCUT2D eigenvalue weighted by atomic mass is 10.0. The first kappa shape index (κ1) is 12.9. The molecule has 0 spiro atoms. The van der Waals surface area contributed by atoms with E-state index in [1.54, 1.807) is 6.07 Å². The predicted octanol–water partition coefficient (Wildman–Crippen LogP) is 2.68. The molecule has 4 nitrogen and oxygen atoms in total. The van der Waals surface area contributed by atoms with E-state index >= 15 is 0 Å². The van der Waals surface area contributed by atoms with Gasteiger partial charge in [-0.1, -0.05) is 12.1 Å². The average Bonchev–Trinajstić information content (AvgIpc) is 2.38. The summed E-state index contributed by atoms with van der Waals surface area (Å²) >= 11 is 0. The van der Waals surface area contributed by atoms with Gasteiger partial charge in [-0.25, -0.2) is 13.6 Å². The molecule has 0 radical (unpaired) electrons. The van der Waals surface area contributed by atoms with Crippen LogP contribution in [-0.2, 0) is 0 Å². The van der Waals surface area contributed by atoms with Gasteiger partial charge in [-0.05, 0) is 29.3 Å². The quantitative estimate of drug-likeness (QED) is 0.896. The van der Waals surface area contributed by atoms with Crippen LogP contribution in [0.4, 0.5) is 8.78 Å². The minimum absolute atomic E-state index is 0.0244. The van der Waals surface area contributed by atoms with Crippen molar-refractivity contribution in [2.75, 3.05) is 0 Å². The number of aromatic carboxylic acids is 1. The number of H-pyrrole nitrogens is 1. The third-order valence-corrected chi connectivity index (χ3v) is 2.54. The summed E-state index contributed by atoms with van der Waals surface area (Å²) < 4.78 is 25.2. The lowest BCUT2D eigenvalue weighted by molar-refractivity contribution is 0.0697. The van der Waals surface area contributed by atoms with Crippen LogP contribution in [0.1, 0.15) is 22.5 Å². The normalized spacial score (nSPS) is 10.7. The summed E-state index contributed by atoms with van der Waals surface area (Å²) in [5, 5.41) is 8.87.